The third-order valence-corrected chi connectivity index (χ3v) is 7.62. The molecule has 2 amide bonds. The Hall–Kier alpha value is -2.85. The molecule has 2 aliphatic heterocycles. The summed E-state index contributed by atoms with van der Waals surface area (Å²) in [5, 5.41) is 9.71. The van der Waals surface area contributed by atoms with E-state index >= 15 is 0 Å². The lowest BCUT2D eigenvalue weighted by molar-refractivity contribution is 0.0478. The Morgan fingerprint density at radius 1 is 1.12 bits per heavy atom. The molecule has 218 valence electrons. The minimum Gasteiger partial charge on any atom is -0.493 e. The van der Waals surface area contributed by atoms with E-state index in [1.54, 1.807) is 6.07 Å². The second-order valence-corrected chi connectivity index (χ2v) is 10.7. The molecular formula is C30H40ClN3O6. The first-order valence-corrected chi connectivity index (χ1v) is 14.4. The lowest BCUT2D eigenvalue weighted by Gasteiger charge is -2.27. The van der Waals surface area contributed by atoms with Gasteiger partial charge in [-0.1, -0.05) is 23.7 Å². The van der Waals surface area contributed by atoms with Crippen LogP contribution < -0.4 is 20.7 Å². The number of amides is 2. The summed E-state index contributed by atoms with van der Waals surface area (Å²) in [5.74, 6) is 1.06. The largest absolute Gasteiger partial charge is 0.493 e. The highest BCUT2D eigenvalue weighted by molar-refractivity contribution is 6.30. The summed E-state index contributed by atoms with van der Waals surface area (Å²) in [6.45, 7) is 3.20. The SMILES string of the molecule is CNC(CNC(=O)c1cc(C(OCCNC(=O)OC)c2cccc(Cl)c2)cc2c1CCCO2)C[C@H]1CCCOC1. The molecule has 2 aromatic carbocycles. The van der Waals surface area contributed by atoms with Crippen LogP contribution in [0.4, 0.5) is 4.79 Å². The number of ether oxygens (including phenoxy) is 4. The molecule has 40 heavy (non-hydrogen) atoms. The second kappa shape index (κ2) is 15.2. The highest BCUT2D eigenvalue weighted by Crippen LogP contribution is 2.36. The first-order valence-electron chi connectivity index (χ1n) is 14.0. The zero-order valence-electron chi connectivity index (χ0n) is 23.3. The summed E-state index contributed by atoms with van der Waals surface area (Å²) < 4.78 is 22.6. The molecule has 2 heterocycles. The second-order valence-electron chi connectivity index (χ2n) is 10.2. The van der Waals surface area contributed by atoms with Crippen LogP contribution in [0.25, 0.3) is 0 Å². The van der Waals surface area contributed by atoms with E-state index in [1.165, 1.54) is 7.11 Å². The van der Waals surface area contributed by atoms with Crippen molar-refractivity contribution in [1.29, 1.82) is 0 Å². The molecule has 2 aliphatic rings. The Kier molecular flexibility index (Phi) is 11.5. The van der Waals surface area contributed by atoms with E-state index in [9.17, 15) is 9.59 Å². The van der Waals surface area contributed by atoms with Crippen LogP contribution in [-0.4, -0.2) is 71.7 Å². The van der Waals surface area contributed by atoms with Gasteiger partial charge in [0.15, 0.2) is 0 Å². The molecule has 2 aromatic rings. The van der Waals surface area contributed by atoms with Gasteiger partial charge in [0.25, 0.3) is 5.91 Å². The third-order valence-electron chi connectivity index (χ3n) is 7.39. The highest BCUT2D eigenvalue weighted by atomic mass is 35.5. The van der Waals surface area contributed by atoms with Crippen LogP contribution in [0.15, 0.2) is 36.4 Å². The number of methoxy groups -OCH3 is 1. The van der Waals surface area contributed by atoms with Crippen molar-refractivity contribution in [3.8, 4) is 5.75 Å². The molecule has 0 aromatic heterocycles. The maximum Gasteiger partial charge on any atom is 0.406 e. The Morgan fingerprint density at radius 2 is 2.00 bits per heavy atom. The fourth-order valence-corrected chi connectivity index (χ4v) is 5.50. The monoisotopic (exact) mass is 573 g/mol. The van der Waals surface area contributed by atoms with Gasteiger partial charge < -0.3 is 34.9 Å². The van der Waals surface area contributed by atoms with Crippen LogP contribution in [0.5, 0.6) is 5.75 Å². The first kappa shape index (κ1) is 30.1. The van der Waals surface area contributed by atoms with Gasteiger partial charge >= 0.3 is 6.09 Å². The average molecular weight is 574 g/mol. The Balaban J connectivity index is 1.55. The lowest BCUT2D eigenvalue weighted by Crippen LogP contribution is -2.41. The van der Waals surface area contributed by atoms with Gasteiger partial charge in [0.2, 0.25) is 0 Å². The molecule has 0 bridgehead atoms. The van der Waals surface area contributed by atoms with Crippen LogP contribution in [0.2, 0.25) is 5.02 Å². The van der Waals surface area contributed by atoms with E-state index in [0.717, 1.165) is 62.0 Å². The van der Waals surface area contributed by atoms with Gasteiger partial charge in [0.05, 0.1) is 20.3 Å². The predicted molar refractivity (Wildman–Crippen MR) is 153 cm³/mol. The molecule has 1 fully saturated rings. The van der Waals surface area contributed by atoms with Gasteiger partial charge in [-0.05, 0) is 80.5 Å². The average Bonchev–Trinajstić information content (AvgIpc) is 2.98. The molecule has 3 atom stereocenters. The molecular weight excluding hydrogens is 534 g/mol. The summed E-state index contributed by atoms with van der Waals surface area (Å²) in [6.07, 6.45) is 3.74. The Labute approximate surface area is 241 Å². The van der Waals surface area contributed by atoms with Crippen molar-refractivity contribution in [1.82, 2.24) is 16.0 Å². The van der Waals surface area contributed by atoms with Crippen molar-refractivity contribution < 1.29 is 28.5 Å². The topological polar surface area (TPSA) is 107 Å². The molecule has 9 nitrogen and oxygen atoms in total. The molecule has 0 saturated carbocycles. The van der Waals surface area contributed by atoms with Crippen molar-refractivity contribution >= 4 is 23.6 Å². The molecule has 0 aliphatic carbocycles. The van der Waals surface area contributed by atoms with Crippen LogP contribution in [0, 0.1) is 5.92 Å². The van der Waals surface area contributed by atoms with Gasteiger partial charge in [-0.2, -0.15) is 0 Å². The number of nitrogens with one attached hydrogen (secondary N) is 3. The Morgan fingerprint density at radius 3 is 2.75 bits per heavy atom. The van der Waals surface area contributed by atoms with Crippen LogP contribution in [0.1, 0.15) is 58.8 Å². The number of halogens is 1. The molecule has 3 N–H and O–H groups in total. The normalized spacial score (nSPS) is 18.1. The van der Waals surface area contributed by atoms with E-state index in [2.05, 4.69) is 20.7 Å². The first-order chi connectivity index (χ1) is 19.5. The molecule has 10 heteroatoms. The van der Waals surface area contributed by atoms with E-state index in [4.69, 9.17) is 25.8 Å². The van der Waals surface area contributed by atoms with Crippen LogP contribution in [-0.2, 0) is 20.6 Å². The van der Waals surface area contributed by atoms with Gasteiger partial charge in [0.1, 0.15) is 11.9 Å². The minimum absolute atomic E-state index is 0.138. The predicted octanol–water partition coefficient (Wildman–Crippen LogP) is 4.26. The van der Waals surface area contributed by atoms with Crippen molar-refractivity contribution in [3.05, 3.63) is 63.7 Å². The van der Waals surface area contributed by atoms with E-state index in [-0.39, 0.29) is 25.1 Å². The molecule has 0 radical (unpaired) electrons. The van der Waals surface area contributed by atoms with Crippen molar-refractivity contribution in [2.45, 2.75) is 44.2 Å². The maximum absolute atomic E-state index is 13.6. The van der Waals surface area contributed by atoms with Gasteiger partial charge in [0, 0.05) is 48.5 Å². The molecule has 2 unspecified atom stereocenters. The van der Waals surface area contributed by atoms with E-state index in [0.29, 0.717) is 35.4 Å². The number of hydrogen-bond acceptors (Lipinski definition) is 7. The lowest BCUT2D eigenvalue weighted by atomic mass is 9.92. The smallest absolute Gasteiger partial charge is 0.406 e. The fourth-order valence-electron chi connectivity index (χ4n) is 5.31. The molecule has 1 saturated heterocycles. The number of alkyl carbamates (subject to hydrolysis) is 1. The zero-order chi connectivity index (χ0) is 28.3. The van der Waals surface area contributed by atoms with Crippen LogP contribution in [0.3, 0.4) is 0 Å². The molecule has 4 rings (SSSR count). The van der Waals surface area contributed by atoms with Crippen LogP contribution >= 0.6 is 11.6 Å². The number of carbonyl (C=O) groups excluding carboxylic acids is 2. The third kappa shape index (κ3) is 8.33. The molecule has 0 spiro atoms. The van der Waals surface area contributed by atoms with Gasteiger partial charge in [-0.15, -0.1) is 0 Å². The van der Waals surface area contributed by atoms with Crippen molar-refractivity contribution in [2.75, 3.05) is 53.7 Å². The maximum atomic E-state index is 13.6. The fraction of sp³-hybridized carbons (Fsp3) is 0.533. The van der Waals surface area contributed by atoms with E-state index in [1.807, 2.05) is 37.4 Å². The van der Waals surface area contributed by atoms with Crippen molar-refractivity contribution in [3.63, 3.8) is 0 Å². The summed E-state index contributed by atoms with van der Waals surface area (Å²) in [6, 6.07) is 11.4. The number of benzene rings is 2. The van der Waals surface area contributed by atoms with E-state index < -0.39 is 12.2 Å². The highest BCUT2D eigenvalue weighted by Gasteiger charge is 2.26. The summed E-state index contributed by atoms with van der Waals surface area (Å²) in [7, 11) is 3.24. The number of likely N-dealkylation sites (N-methyl/N-ethyl adjacent to an activating group) is 1. The summed E-state index contributed by atoms with van der Waals surface area (Å²) >= 11 is 6.32. The quantitative estimate of drug-likeness (QED) is 0.326. The van der Waals surface area contributed by atoms with Gasteiger partial charge in [-0.3, -0.25) is 4.79 Å². The number of fused-ring (bicyclic) bond motifs is 1. The zero-order valence-corrected chi connectivity index (χ0v) is 24.1. The Bertz CT molecular complexity index is 1140. The number of hydrogen-bond donors (Lipinski definition) is 3. The number of rotatable bonds is 12. The summed E-state index contributed by atoms with van der Waals surface area (Å²) in [5.41, 5.74) is 3.10. The minimum atomic E-state index is -0.531. The van der Waals surface area contributed by atoms with Crippen molar-refractivity contribution in [2.24, 2.45) is 5.92 Å². The van der Waals surface area contributed by atoms with Gasteiger partial charge in [-0.25, -0.2) is 4.79 Å². The standard InChI is InChI=1S/C30H40ClN3O6/c1-32-24(14-20-6-4-11-38-19-20)18-34-29(35)26-16-22(17-27-25(26)9-5-12-39-27)28(21-7-3-8-23(31)15-21)40-13-10-33-30(36)37-2/h3,7-8,15-17,20,24,28,32H,4-6,9-14,18-19H2,1-2H3,(H,33,36)(H,34,35)/t20-,24?,28?/m1/s1. The summed E-state index contributed by atoms with van der Waals surface area (Å²) in [4.78, 5) is 25.1. The number of carbonyl (C=O) groups is 2.